The Kier molecular flexibility index (Phi) is 3.98. The van der Waals surface area contributed by atoms with E-state index in [2.05, 4.69) is 9.88 Å². The number of likely N-dealkylation sites (tertiary alicyclic amines) is 1. The topological polar surface area (TPSA) is 58.4 Å². The number of aliphatic hydroxyl groups excluding tert-OH is 1. The Hall–Kier alpha value is -1.79. The van der Waals surface area contributed by atoms with Crippen LogP contribution >= 0.6 is 0 Å². The number of piperidine rings is 1. The van der Waals surface area contributed by atoms with Crippen molar-refractivity contribution in [2.24, 2.45) is 0 Å². The van der Waals surface area contributed by atoms with Gasteiger partial charge in [0, 0.05) is 19.6 Å². The Labute approximate surface area is 121 Å². The molecule has 1 aliphatic rings. The van der Waals surface area contributed by atoms with Gasteiger partial charge in [-0.3, -0.25) is 9.69 Å². The zero-order chi connectivity index (χ0) is 14.8. The van der Waals surface area contributed by atoms with Crippen molar-refractivity contribution in [1.82, 2.24) is 14.5 Å². The number of β-amino-alcohol motifs (C(OH)–C–C–N with tert-alkyl or cyclic N) is 1. The first kappa shape index (κ1) is 14.2. The average molecular weight is 291 g/mol. The summed E-state index contributed by atoms with van der Waals surface area (Å²) in [5, 5.41) is 9.67. The minimum Gasteiger partial charge on any atom is -0.392 e. The maximum atomic E-state index is 13.4. The molecule has 0 aliphatic carbocycles. The van der Waals surface area contributed by atoms with Crippen LogP contribution in [0.3, 0.4) is 0 Å². The smallest absolute Gasteiger partial charge is 0.269 e. The number of aliphatic hydroxyl groups is 1. The average Bonchev–Trinajstić information content (AvgIpc) is 2.46. The molecule has 6 heteroatoms. The van der Waals surface area contributed by atoms with Crippen LogP contribution in [-0.2, 0) is 6.54 Å². The van der Waals surface area contributed by atoms with Gasteiger partial charge in [-0.05, 0) is 37.6 Å². The van der Waals surface area contributed by atoms with Crippen molar-refractivity contribution in [2.45, 2.75) is 25.5 Å². The Morgan fingerprint density at radius 1 is 1.38 bits per heavy atom. The van der Waals surface area contributed by atoms with Gasteiger partial charge in [-0.2, -0.15) is 0 Å². The van der Waals surface area contributed by atoms with Gasteiger partial charge >= 0.3 is 0 Å². The highest BCUT2D eigenvalue weighted by molar-refractivity contribution is 5.74. The summed E-state index contributed by atoms with van der Waals surface area (Å²) in [5.41, 5.74) is 0.889. The molecule has 0 saturated carbocycles. The highest BCUT2D eigenvalue weighted by Crippen LogP contribution is 2.13. The van der Waals surface area contributed by atoms with Crippen LogP contribution in [0.2, 0.25) is 0 Å². The molecule has 112 valence electrons. The standard InChI is InChI=1S/C15H18FN3O2/c16-11-3-4-13-14(8-11)19(15(21)9-17-13)7-6-18-5-1-2-12(20)10-18/h3-4,8-9,12,20H,1-2,5-7,10H2. The molecule has 1 atom stereocenters. The second-order valence-corrected chi connectivity index (χ2v) is 5.48. The van der Waals surface area contributed by atoms with Gasteiger partial charge in [0.05, 0.1) is 23.3 Å². The minimum atomic E-state index is -0.378. The largest absolute Gasteiger partial charge is 0.392 e. The molecule has 3 rings (SSSR count). The molecule has 5 nitrogen and oxygen atoms in total. The van der Waals surface area contributed by atoms with E-state index in [0.29, 0.717) is 30.7 Å². The fourth-order valence-corrected chi connectivity index (χ4v) is 2.84. The lowest BCUT2D eigenvalue weighted by Gasteiger charge is -2.30. The monoisotopic (exact) mass is 291 g/mol. The molecule has 2 aromatic rings. The Morgan fingerprint density at radius 3 is 3.05 bits per heavy atom. The van der Waals surface area contributed by atoms with Gasteiger partial charge in [-0.1, -0.05) is 0 Å². The molecule has 0 radical (unpaired) electrons. The van der Waals surface area contributed by atoms with E-state index in [1.165, 1.54) is 18.3 Å². The molecular formula is C15H18FN3O2. The number of rotatable bonds is 3. The Bertz CT molecular complexity index is 701. The van der Waals surface area contributed by atoms with E-state index in [-0.39, 0.29) is 17.5 Å². The molecule has 1 saturated heterocycles. The number of halogens is 1. The molecule has 1 N–H and O–H groups in total. The number of aromatic nitrogens is 2. The Balaban J connectivity index is 1.84. The van der Waals surface area contributed by atoms with Gasteiger partial charge in [0.25, 0.3) is 5.56 Å². The SMILES string of the molecule is O=c1cnc2ccc(F)cc2n1CCN1CCCC(O)C1. The van der Waals surface area contributed by atoms with Crippen LogP contribution < -0.4 is 5.56 Å². The van der Waals surface area contributed by atoms with Crippen molar-refractivity contribution >= 4 is 11.0 Å². The number of nitrogens with zero attached hydrogens (tertiary/aromatic N) is 3. The summed E-state index contributed by atoms with van der Waals surface area (Å²) in [6, 6.07) is 4.26. The van der Waals surface area contributed by atoms with E-state index in [0.717, 1.165) is 19.4 Å². The molecule has 1 unspecified atom stereocenters. The van der Waals surface area contributed by atoms with Crippen LogP contribution in [0.1, 0.15) is 12.8 Å². The first-order valence-electron chi connectivity index (χ1n) is 7.19. The van der Waals surface area contributed by atoms with E-state index in [4.69, 9.17) is 0 Å². The zero-order valence-electron chi connectivity index (χ0n) is 11.7. The van der Waals surface area contributed by atoms with Gasteiger partial charge < -0.3 is 9.67 Å². The zero-order valence-corrected chi connectivity index (χ0v) is 11.7. The van der Waals surface area contributed by atoms with Crippen molar-refractivity contribution in [3.05, 3.63) is 40.6 Å². The summed E-state index contributed by atoms with van der Waals surface area (Å²) in [6.45, 7) is 2.68. The van der Waals surface area contributed by atoms with Gasteiger partial charge in [-0.15, -0.1) is 0 Å². The van der Waals surface area contributed by atoms with Crippen LogP contribution in [0.15, 0.2) is 29.2 Å². The lowest BCUT2D eigenvalue weighted by atomic mass is 10.1. The molecule has 1 aromatic heterocycles. The van der Waals surface area contributed by atoms with Crippen LogP contribution in [0.25, 0.3) is 11.0 Å². The normalized spacial score (nSPS) is 20.0. The molecule has 21 heavy (non-hydrogen) atoms. The van der Waals surface area contributed by atoms with Crippen molar-refractivity contribution < 1.29 is 9.50 Å². The number of hydrogen-bond acceptors (Lipinski definition) is 4. The maximum Gasteiger partial charge on any atom is 0.269 e. The fraction of sp³-hybridized carbons (Fsp3) is 0.467. The quantitative estimate of drug-likeness (QED) is 0.916. The van der Waals surface area contributed by atoms with Crippen LogP contribution in [0.4, 0.5) is 4.39 Å². The summed E-state index contributed by atoms with van der Waals surface area (Å²) >= 11 is 0. The lowest BCUT2D eigenvalue weighted by molar-refractivity contribution is 0.0689. The third-order valence-electron chi connectivity index (χ3n) is 3.93. The molecule has 1 aliphatic heterocycles. The Morgan fingerprint density at radius 2 is 2.24 bits per heavy atom. The highest BCUT2D eigenvalue weighted by atomic mass is 19.1. The predicted molar refractivity (Wildman–Crippen MR) is 77.6 cm³/mol. The highest BCUT2D eigenvalue weighted by Gasteiger charge is 2.17. The van der Waals surface area contributed by atoms with Crippen molar-refractivity contribution in [1.29, 1.82) is 0 Å². The van der Waals surface area contributed by atoms with Crippen molar-refractivity contribution in [2.75, 3.05) is 19.6 Å². The first-order valence-corrected chi connectivity index (χ1v) is 7.19. The molecule has 0 spiro atoms. The number of hydrogen-bond donors (Lipinski definition) is 1. The van der Waals surface area contributed by atoms with Gasteiger partial charge in [0.15, 0.2) is 0 Å². The van der Waals surface area contributed by atoms with Crippen LogP contribution in [-0.4, -0.2) is 45.3 Å². The summed E-state index contributed by atoms with van der Waals surface area (Å²) < 4.78 is 15.0. The maximum absolute atomic E-state index is 13.4. The molecular weight excluding hydrogens is 273 g/mol. The van der Waals surface area contributed by atoms with Crippen molar-refractivity contribution in [3.8, 4) is 0 Å². The van der Waals surface area contributed by atoms with E-state index in [1.807, 2.05) is 0 Å². The van der Waals surface area contributed by atoms with E-state index >= 15 is 0 Å². The first-order chi connectivity index (χ1) is 10.1. The molecule has 0 amide bonds. The fourth-order valence-electron chi connectivity index (χ4n) is 2.84. The van der Waals surface area contributed by atoms with E-state index in [9.17, 15) is 14.3 Å². The third-order valence-corrected chi connectivity index (χ3v) is 3.93. The van der Waals surface area contributed by atoms with Crippen LogP contribution in [0.5, 0.6) is 0 Å². The van der Waals surface area contributed by atoms with Crippen molar-refractivity contribution in [3.63, 3.8) is 0 Å². The lowest BCUT2D eigenvalue weighted by Crippen LogP contribution is -2.40. The second-order valence-electron chi connectivity index (χ2n) is 5.48. The number of benzene rings is 1. The van der Waals surface area contributed by atoms with Gasteiger partial charge in [0.2, 0.25) is 0 Å². The molecule has 2 heterocycles. The summed E-state index contributed by atoms with van der Waals surface area (Å²) in [4.78, 5) is 18.2. The predicted octanol–water partition coefficient (Wildman–Crippen LogP) is 0.992. The molecule has 1 aromatic carbocycles. The van der Waals surface area contributed by atoms with Gasteiger partial charge in [0.1, 0.15) is 5.82 Å². The van der Waals surface area contributed by atoms with Gasteiger partial charge in [-0.25, -0.2) is 9.37 Å². The van der Waals surface area contributed by atoms with Crippen LogP contribution in [0, 0.1) is 5.82 Å². The molecule has 1 fully saturated rings. The third kappa shape index (κ3) is 3.11. The molecule has 0 bridgehead atoms. The van der Waals surface area contributed by atoms with E-state index < -0.39 is 0 Å². The minimum absolute atomic E-state index is 0.231. The second kappa shape index (κ2) is 5.91. The number of fused-ring (bicyclic) bond motifs is 1. The summed E-state index contributed by atoms with van der Waals surface area (Å²) in [5.74, 6) is -0.378. The summed E-state index contributed by atoms with van der Waals surface area (Å²) in [6.07, 6.45) is 2.77. The summed E-state index contributed by atoms with van der Waals surface area (Å²) in [7, 11) is 0. The van der Waals surface area contributed by atoms with E-state index in [1.54, 1.807) is 10.6 Å².